The molecule has 2 heteroatoms. The summed E-state index contributed by atoms with van der Waals surface area (Å²) >= 11 is 0. The Morgan fingerprint density at radius 2 is 2.21 bits per heavy atom. The third-order valence-electron chi connectivity index (χ3n) is 2.44. The molecule has 0 amide bonds. The van der Waals surface area contributed by atoms with Gasteiger partial charge in [0.25, 0.3) is 0 Å². The van der Waals surface area contributed by atoms with Crippen LogP contribution in [0.15, 0.2) is 24.3 Å². The van der Waals surface area contributed by atoms with E-state index < -0.39 is 0 Å². The second-order valence-electron chi connectivity index (χ2n) is 3.65. The minimum absolute atomic E-state index is 0.440. The van der Waals surface area contributed by atoms with Crippen LogP contribution in [0.1, 0.15) is 24.0 Å². The number of nitrogens with one attached hydrogen (secondary N) is 1. The van der Waals surface area contributed by atoms with Gasteiger partial charge in [-0.25, -0.2) is 0 Å². The van der Waals surface area contributed by atoms with Crippen LogP contribution >= 0.6 is 0 Å². The highest BCUT2D eigenvalue weighted by atomic mass is 14.9. The second-order valence-corrected chi connectivity index (χ2v) is 3.65. The maximum absolute atomic E-state index is 5.76. The molecule has 2 nitrogen and oxygen atoms in total. The molecule has 78 valence electrons. The fourth-order valence-corrected chi connectivity index (χ4v) is 1.58. The van der Waals surface area contributed by atoms with Gasteiger partial charge in [-0.3, -0.25) is 0 Å². The van der Waals surface area contributed by atoms with Crippen molar-refractivity contribution in [2.45, 2.75) is 19.8 Å². The smallest absolute Gasteiger partial charge is 0.00864 e. The molecule has 0 aliphatic heterocycles. The molecular formula is C12H20N2. The van der Waals surface area contributed by atoms with Crippen LogP contribution in [0, 0.1) is 6.92 Å². The van der Waals surface area contributed by atoms with Gasteiger partial charge in [0.1, 0.15) is 0 Å². The van der Waals surface area contributed by atoms with Crippen LogP contribution in [-0.4, -0.2) is 19.6 Å². The van der Waals surface area contributed by atoms with Gasteiger partial charge in [0.15, 0.2) is 0 Å². The summed E-state index contributed by atoms with van der Waals surface area (Å²) in [6.07, 6.45) is 0. The summed E-state index contributed by atoms with van der Waals surface area (Å²) in [5, 5.41) is 3.34. The highest BCUT2D eigenvalue weighted by Crippen LogP contribution is 2.14. The topological polar surface area (TPSA) is 38.0 Å². The van der Waals surface area contributed by atoms with Gasteiger partial charge in [-0.05, 0) is 19.0 Å². The summed E-state index contributed by atoms with van der Waals surface area (Å²) in [4.78, 5) is 0. The first kappa shape index (κ1) is 11.2. The van der Waals surface area contributed by atoms with Crippen molar-refractivity contribution in [2.24, 2.45) is 5.73 Å². The first-order chi connectivity index (χ1) is 6.77. The van der Waals surface area contributed by atoms with Crippen molar-refractivity contribution in [1.29, 1.82) is 0 Å². The number of likely N-dealkylation sites (N-methyl/N-ethyl adjacent to an activating group) is 1. The summed E-state index contributed by atoms with van der Waals surface area (Å²) in [6, 6.07) is 8.58. The SMILES string of the molecule is CCNCC(CN)c1cccc(C)c1. The first-order valence-electron chi connectivity index (χ1n) is 5.25. The van der Waals surface area contributed by atoms with Crippen LogP contribution in [0.5, 0.6) is 0 Å². The van der Waals surface area contributed by atoms with Crippen molar-refractivity contribution in [3.05, 3.63) is 35.4 Å². The lowest BCUT2D eigenvalue weighted by molar-refractivity contribution is 0.604. The van der Waals surface area contributed by atoms with E-state index in [9.17, 15) is 0 Å². The largest absolute Gasteiger partial charge is 0.330 e. The number of hydrogen-bond acceptors (Lipinski definition) is 2. The van der Waals surface area contributed by atoms with Gasteiger partial charge in [-0.15, -0.1) is 0 Å². The molecule has 1 aromatic carbocycles. The lowest BCUT2D eigenvalue weighted by atomic mass is 9.97. The molecule has 0 bridgehead atoms. The molecule has 0 aliphatic rings. The molecular weight excluding hydrogens is 172 g/mol. The van der Waals surface area contributed by atoms with E-state index in [0.29, 0.717) is 12.5 Å². The van der Waals surface area contributed by atoms with E-state index in [0.717, 1.165) is 13.1 Å². The summed E-state index contributed by atoms with van der Waals surface area (Å²) in [5.41, 5.74) is 8.40. The first-order valence-corrected chi connectivity index (χ1v) is 5.25. The van der Waals surface area contributed by atoms with E-state index in [1.165, 1.54) is 11.1 Å². The standard InChI is InChI=1S/C12H20N2/c1-3-14-9-12(8-13)11-6-4-5-10(2)7-11/h4-7,12,14H,3,8-9,13H2,1-2H3. The van der Waals surface area contributed by atoms with Gasteiger partial charge in [0, 0.05) is 19.0 Å². The molecule has 0 saturated heterocycles. The molecule has 0 saturated carbocycles. The summed E-state index contributed by atoms with van der Waals surface area (Å²) < 4.78 is 0. The summed E-state index contributed by atoms with van der Waals surface area (Å²) in [5.74, 6) is 0.440. The Morgan fingerprint density at radius 1 is 1.43 bits per heavy atom. The predicted molar refractivity (Wildman–Crippen MR) is 61.5 cm³/mol. The Labute approximate surface area is 86.5 Å². The van der Waals surface area contributed by atoms with Crippen molar-refractivity contribution >= 4 is 0 Å². The Kier molecular flexibility index (Phi) is 4.63. The number of nitrogens with two attached hydrogens (primary N) is 1. The monoisotopic (exact) mass is 192 g/mol. The Bertz CT molecular complexity index is 271. The van der Waals surface area contributed by atoms with E-state index in [4.69, 9.17) is 5.73 Å². The molecule has 0 aromatic heterocycles. The molecule has 1 aromatic rings. The number of benzene rings is 1. The van der Waals surface area contributed by atoms with Gasteiger partial charge >= 0.3 is 0 Å². The molecule has 0 fully saturated rings. The maximum atomic E-state index is 5.76. The third kappa shape index (κ3) is 3.13. The second kappa shape index (κ2) is 5.78. The zero-order valence-electron chi connectivity index (χ0n) is 9.09. The predicted octanol–water partition coefficient (Wildman–Crippen LogP) is 1.65. The van der Waals surface area contributed by atoms with Crippen LogP contribution in [0.3, 0.4) is 0 Å². The van der Waals surface area contributed by atoms with Crippen LogP contribution in [-0.2, 0) is 0 Å². The Hall–Kier alpha value is -0.860. The number of rotatable bonds is 5. The molecule has 0 radical (unpaired) electrons. The van der Waals surface area contributed by atoms with Crippen LogP contribution in [0.25, 0.3) is 0 Å². The highest BCUT2D eigenvalue weighted by molar-refractivity contribution is 5.26. The third-order valence-corrected chi connectivity index (χ3v) is 2.44. The van der Waals surface area contributed by atoms with Crippen molar-refractivity contribution in [3.8, 4) is 0 Å². The van der Waals surface area contributed by atoms with Crippen LogP contribution in [0.4, 0.5) is 0 Å². The lowest BCUT2D eigenvalue weighted by Gasteiger charge is -2.15. The molecule has 1 rings (SSSR count). The van der Waals surface area contributed by atoms with E-state index in [2.05, 4.69) is 43.4 Å². The highest BCUT2D eigenvalue weighted by Gasteiger charge is 2.08. The molecule has 0 heterocycles. The summed E-state index contributed by atoms with van der Waals surface area (Å²) in [6.45, 7) is 6.91. The Morgan fingerprint density at radius 3 is 2.79 bits per heavy atom. The van der Waals surface area contributed by atoms with Crippen LogP contribution < -0.4 is 11.1 Å². The molecule has 1 atom stereocenters. The Balaban J connectivity index is 2.68. The molecule has 0 spiro atoms. The average molecular weight is 192 g/mol. The summed E-state index contributed by atoms with van der Waals surface area (Å²) in [7, 11) is 0. The minimum atomic E-state index is 0.440. The van der Waals surface area contributed by atoms with E-state index in [-0.39, 0.29) is 0 Å². The van der Waals surface area contributed by atoms with Crippen molar-refractivity contribution in [3.63, 3.8) is 0 Å². The van der Waals surface area contributed by atoms with Crippen LogP contribution in [0.2, 0.25) is 0 Å². The fourth-order valence-electron chi connectivity index (χ4n) is 1.58. The van der Waals surface area contributed by atoms with Gasteiger partial charge < -0.3 is 11.1 Å². The van der Waals surface area contributed by atoms with E-state index >= 15 is 0 Å². The van der Waals surface area contributed by atoms with Gasteiger partial charge in [0.05, 0.1) is 0 Å². The molecule has 1 unspecified atom stereocenters. The van der Waals surface area contributed by atoms with Crippen molar-refractivity contribution in [2.75, 3.05) is 19.6 Å². The number of aryl methyl sites for hydroxylation is 1. The van der Waals surface area contributed by atoms with Crippen molar-refractivity contribution < 1.29 is 0 Å². The quantitative estimate of drug-likeness (QED) is 0.744. The average Bonchev–Trinajstić information content (AvgIpc) is 2.19. The zero-order valence-corrected chi connectivity index (χ0v) is 9.09. The van der Waals surface area contributed by atoms with Gasteiger partial charge in [-0.2, -0.15) is 0 Å². The van der Waals surface area contributed by atoms with Gasteiger partial charge in [0.2, 0.25) is 0 Å². The zero-order chi connectivity index (χ0) is 10.4. The minimum Gasteiger partial charge on any atom is -0.330 e. The van der Waals surface area contributed by atoms with Crippen molar-refractivity contribution in [1.82, 2.24) is 5.32 Å². The van der Waals surface area contributed by atoms with E-state index in [1.54, 1.807) is 0 Å². The number of hydrogen-bond donors (Lipinski definition) is 2. The molecule has 0 aliphatic carbocycles. The lowest BCUT2D eigenvalue weighted by Crippen LogP contribution is -2.26. The molecule has 14 heavy (non-hydrogen) atoms. The maximum Gasteiger partial charge on any atom is 0.00864 e. The fraction of sp³-hybridized carbons (Fsp3) is 0.500. The van der Waals surface area contributed by atoms with E-state index in [1.807, 2.05) is 0 Å². The molecule has 3 N–H and O–H groups in total. The van der Waals surface area contributed by atoms with Gasteiger partial charge in [-0.1, -0.05) is 36.8 Å². The normalized spacial score (nSPS) is 12.8.